The summed E-state index contributed by atoms with van der Waals surface area (Å²) in [5, 5.41) is 12.6. The van der Waals surface area contributed by atoms with E-state index in [1.54, 1.807) is 0 Å². The Balaban J connectivity index is 2.38. The topological polar surface area (TPSA) is 93.5 Å². The molecule has 0 bridgehead atoms. The molecule has 0 aliphatic rings. The van der Waals surface area contributed by atoms with Gasteiger partial charge in [0, 0.05) is 19.3 Å². The van der Waals surface area contributed by atoms with Crippen LogP contribution in [0.4, 0.5) is 0 Å². The van der Waals surface area contributed by atoms with E-state index in [9.17, 15) is 8.42 Å². The maximum absolute atomic E-state index is 11.9. The summed E-state index contributed by atoms with van der Waals surface area (Å²) in [5.74, 6) is 0. The second kappa shape index (κ2) is 8.26. The molecule has 0 unspecified atom stereocenters. The molecule has 0 fully saturated rings. The van der Waals surface area contributed by atoms with Crippen molar-refractivity contribution in [3.8, 4) is 0 Å². The van der Waals surface area contributed by atoms with Gasteiger partial charge in [0.1, 0.15) is 4.90 Å². The van der Waals surface area contributed by atoms with E-state index in [0.717, 1.165) is 12.8 Å². The van der Waals surface area contributed by atoms with Crippen LogP contribution in [0.2, 0.25) is 0 Å². The van der Waals surface area contributed by atoms with Gasteiger partial charge in [-0.3, -0.25) is 4.68 Å². The molecule has 0 amide bonds. The average molecular weight is 291 g/mol. The van der Waals surface area contributed by atoms with E-state index in [-0.39, 0.29) is 24.6 Å². The predicted molar refractivity (Wildman–Crippen MR) is 70.2 cm³/mol. The van der Waals surface area contributed by atoms with Gasteiger partial charge >= 0.3 is 0 Å². The Kier molecular flexibility index (Phi) is 7.00. The van der Waals surface area contributed by atoms with E-state index in [0.29, 0.717) is 13.2 Å². The Morgan fingerprint density at radius 1 is 1.47 bits per heavy atom. The highest BCUT2D eigenvalue weighted by atomic mass is 32.2. The Hall–Kier alpha value is -0.960. The summed E-state index contributed by atoms with van der Waals surface area (Å²) in [6.07, 6.45) is 4.67. The maximum Gasteiger partial charge on any atom is 0.243 e. The highest BCUT2D eigenvalue weighted by Crippen LogP contribution is 2.06. The van der Waals surface area contributed by atoms with Crippen molar-refractivity contribution >= 4 is 10.0 Å². The third-order valence-electron chi connectivity index (χ3n) is 2.43. The molecule has 0 spiro atoms. The van der Waals surface area contributed by atoms with E-state index in [1.807, 2.05) is 0 Å². The minimum atomic E-state index is -3.55. The number of ether oxygens (including phenoxy) is 1. The quantitative estimate of drug-likeness (QED) is 0.590. The number of hydrogen-bond donors (Lipinski definition) is 2. The summed E-state index contributed by atoms with van der Waals surface area (Å²) in [4.78, 5) is 0.0921. The van der Waals surface area contributed by atoms with Gasteiger partial charge in [0.15, 0.2) is 0 Å². The van der Waals surface area contributed by atoms with Crippen molar-refractivity contribution in [2.75, 3.05) is 26.4 Å². The summed E-state index contributed by atoms with van der Waals surface area (Å²) >= 11 is 0. The predicted octanol–water partition coefficient (Wildman–Crippen LogP) is -0.0296. The van der Waals surface area contributed by atoms with Gasteiger partial charge < -0.3 is 9.84 Å². The first kappa shape index (κ1) is 16.1. The van der Waals surface area contributed by atoms with Crippen LogP contribution in [0.1, 0.15) is 19.8 Å². The van der Waals surface area contributed by atoms with Crippen LogP contribution in [0, 0.1) is 0 Å². The second-order valence-corrected chi connectivity index (χ2v) is 5.79. The molecule has 8 heteroatoms. The molecule has 0 aliphatic carbocycles. The minimum Gasteiger partial charge on any atom is -0.394 e. The van der Waals surface area contributed by atoms with Crippen LogP contribution < -0.4 is 4.72 Å². The molecule has 1 rings (SSSR count). The number of unbranched alkanes of at least 4 members (excludes halogenated alkanes) is 1. The molecule has 0 saturated carbocycles. The minimum absolute atomic E-state index is 0.0835. The number of aliphatic hydroxyl groups excluding tert-OH is 1. The van der Waals surface area contributed by atoms with Gasteiger partial charge in [0.05, 0.1) is 26.0 Å². The summed E-state index contributed by atoms with van der Waals surface area (Å²) in [5.41, 5.74) is 0. The lowest BCUT2D eigenvalue weighted by Crippen LogP contribution is -2.27. The van der Waals surface area contributed by atoms with Crippen molar-refractivity contribution in [3.05, 3.63) is 12.4 Å². The monoisotopic (exact) mass is 291 g/mol. The van der Waals surface area contributed by atoms with E-state index >= 15 is 0 Å². The zero-order valence-electron chi connectivity index (χ0n) is 11.1. The molecule has 1 aromatic heterocycles. The average Bonchev–Trinajstić information content (AvgIpc) is 2.83. The van der Waals surface area contributed by atoms with Crippen molar-refractivity contribution in [2.24, 2.45) is 0 Å². The van der Waals surface area contributed by atoms with Crippen LogP contribution in [0.15, 0.2) is 17.3 Å². The Bertz CT molecular complexity index is 458. The van der Waals surface area contributed by atoms with Crippen LogP contribution >= 0.6 is 0 Å². The number of aromatic nitrogens is 2. The van der Waals surface area contributed by atoms with Crippen molar-refractivity contribution in [1.29, 1.82) is 0 Å². The summed E-state index contributed by atoms with van der Waals surface area (Å²) < 4.78 is 32.8. The second-order valence-electron chi connectivity index (χ2n) is 4.03. The number of nitrogens with zero attached hydrogens (tertiary/aromatic N) is 2. The van der Waals surface area contributed by atoms with Gasteiger partial charge in [0.2, 0.25) is 10.0 Å². The zero-order chi connectivity index (χ0) is 14.1. The van der Waals surface area contributed by atoms with E-state index < -0.39 is 10.0 Å². The smallest absolute Gasteiger partial charge is 0.243 e. The molecule has 0 atom stereocenters. The van der Waals surface area contributed by atoms with Crippen LogP contribution in [0.25, 0.3) is 0 Å². The molecule has 7 nitrogen and oxygen atoms in total. The Labute approximate surface area is 113 Å². The Morgan fingerprint density at radius 3 is 2.95 bits per heavy atom. The maximum atomic E-state index is 11.9. The normalized spacial score (nSPS) is 11.9. The van der Waals surface area contributed by atoms with Gasteiger partial charge in [-0.15, -0.1) is 0 Å². The molecule has 0 aliphatic heterocycles. The van der Waals surface area contributed by atoms with Gasteiger partial charge in [-0.2, -0.15) is 5.10 Å². The fourth-order valence-corrected chi connectivity index (χ4v) is 2.35. The zero-order valence-corrected chi connectivity index (χ0v) is 11.9. The molecule has 0 radical (unpaired) electrons. The lowest BCUT2D eigenvalue weighted by atomic mass is 10.4. The SMILES string of the molecule is CCCCOCCNS(=O)(=O)c1cnn(CCO)c1. The van der Waals surface area contributed by atoms with Crippen LogP contribution in [0.5, 0.6) is 0 Å². The molecule has 19 heavy (non-hydrogen) atoms. The lowest BCUT2D eigenvalue weighted by molar-refractivity contribution is 0.136. The molecule has 110 valence electrons. The Morgan fingerprint density at radius 2 is 2.26 bits per heavy atom. The van der Waals surface area contributed by atoms with E-state index in [2.05, 4.69) is 16.7 Å². The van der Waals surface area contributed by atoms with E-state index in [4.69, 9.17) is 9.84 Å². The fraction of sp³-hybridized carbons (Fsp3) is 0.727. The van der Waals surface area contributed by atoms with Crippen molar-refractivity contribution in [3.63, 3.8) is 0 Å². The van der Waals surface area contributed by atoms with Gasteiger partial charge in [-0.25, -0.2) is 13.1 Å². The van der Waals surface area contributed by atoms with Crippen LogP contribution in [-0.4, -0.2) is 49.7 Å². The van der Waals surface area contributed by atoms with Gasteiger partial charge in [-0.1, -0.05) is 13.3 Å². The molecular formula is C11H21N3O4S. The summed E-state index contributed by atoms with van der Waals surface area (Å²) in [7, 11) is -3.55. The number of aliphatic hydroxyl groups is 1. The summed E-state index contributed by atoms with van der Waals surface area (Å²) in [6, 6.07) is 0. The van der Waals surface area contributed by atoms with Gasteiger partial charge in [0.25, 0.3) is 0 Å². The third-order valence-corrected chi connectivity index (χ3v) is 3.85. The van der Waals surface area contributed by atoms with Crippen molar-refractivity contribution < 1.29 is 18.3 Å². The first-order chi connectivity index (χ1) is 9.10. The van der Waals surface area contributed by atoms with E-state index in [1.165, 1.54) is 17.1 Å². The number of sulfonamides is 1. The molecule has 0 saturated heterocycles. The number of hydrogen-bond acceptors (Lipinski definition) is 5. The first-order valence-electron chi connectivity index (χ1n) is 6.31. The first-order valence-corrected chi connectivity index (χ1v) is 7.79. The molecule has 1 aromatic rings. The molecule has 1 heterocycles. The highest BCUT2D eigenvalue weighted by molar-refractivity contribution is 7.89. The lowest BCUT2D eigenvalue weighted by Gasteiger charge is -2.05. The van der Waals surface area contributed by atoms with Crippen molar-refractivity contribution in [1.82, 2.24) is 14.5 Å². The largest absolute Gasteiger partial charge is 0.394 e. The molecular weight excluding hydrogens is 270 g/mol. The molecule has 0 aromatic carbocycles. The standard InChI is InChI=1S/C11H21N3O4S/c1-2-3-7-18-8-4-13-19(16,17)11-9-12-14(10-11)5-6-15/h9-10,13,15H,2-8H2,1H3. The van der Waals surface area contributed by atoms with Crippen LogP contribution in [-0.2, 0) is 21.3 Å². The number of nitrogens with one attached hydrogen (secondary N) is 1. The molecule has 2 N–H and O–H groups in total. The number of rotatable bonds is 10. The summed E-state index contributed by atoms with van der Waals surface area (Å²) in [6.45, 7) is 3.49. The van der Waals surface area contributed by atoms with Crippen LogP contribution in [0.3, 0.4) is 0 Å². The third kappa shape index (κ3) is 5.68. The highest BCUT2D eigenvalue weighted by Gasteiger charge is 2.15. The van der Waals surface area contributed by atoms with Gasteiger partial charge in [-0.05, 0) is 6.42 Å². The van der Waals surface area contributed by atoms with Crippen molar-refractivity contribution in [2.45, 2.75) is 31.2 Å². The fourth-order valence-electron chi connectivity index (χ4n) is 1.39.